The van der Waals surface area contributed by atoms with E-state index in [1.165, 1.54) is 0 Å². The number of amides is 2. The van der Waals surface area contributed by atoms with E-state index < -0.39 is 29.8 Å². The van der Waals surface area contributed by atoms with E-state index in [1.54, 1.807) is 30.0 Å². The summed E-state index contributed by atoms with van der Waals surface area (Å²) < 4.78 is 44.5. The Morgan fingerprint density at radius 3 is 2.50 bits per heavy atom. The highest BCUT2D eigenvalue weighted by Crippen LogP contribution is 2.28. The Hall–Kier alpha value is -3.14. The molecule has 1 aliphatic rings. The van der Waals surface area contributed by atoms with E-state index in [0.717, 1.165) is 6.07 Å². The van der Waals surface area contributed by atoms with Crippen LogP contribution >= 0.6 is 0 Å². The summed E-state index contributed by atoms with van der Waals surface area (Å²) in [7, 11) is 0. The van der Waals surface area contributed by atoms with E-state index in [2.05, 4.69) is 5.32 Å². The Morgan fingerprint density at radius 2 is 1.83 bits per heavy atom. The van der Waals surface area contributed by atoms with Crippen molar-refractivity contribution in [3.63, 3.8) is 0 Å². The normalized spacial score (nSPS) is 14.5. The van der Waals surface area contributed by atoms with Gasteiger partial charge in [0.2, 0.25) is 5.91 Å². The van der Waals surface area contributed by atoms with E-state index in [-0.39, 0.29) is 5.91 Å². The van der Waals surface area contributed by atoms with Crippen LogP contribution < -0.4 is 10.9 Å². The van der Waals surface area contributed by atoms with Gasteiger partial charge in [0, 0.05) is 36.6 Å². The fourth-order valence-corrected chi connectivity index (χ4v) is 3.11. The van der Waals surface area contributed by atoms with Crippen molar-refractivity contribution in [2.24, 2.45) is 0 Å². The SMILES string of the molecule is Cc1c(NC(=O)Cn2cc(C(F)(F)F)ccc2=O)cccc1C(=O)N1CCOCC1. The zero-order valence-corrected chi connectivity index (χ0v) is 16.2. The Bertz CT molecular complexity index is 1010. The van der Waals surface area contributed by atoms with Gasteiger partial charge in [-0.2, -0.15) is 13.2 Å². The number of carbonyl (C=O) groups excluding carboxylic acids is 2. The molecule has 0 bridgehead atoms. The number of hydrogen-bond acceptors (Lipinski definition) is 4. The minimum absolute atomic E-state index is 0.194. The number of nitrogens with zero attached hydrogens (tertiary/aromatic N) is 2. The van der Waals surface area contributed by atoms with Gasteiger partial charge in [0.1, 0.15) is 6.54 Å². The van der Waals surface area contributed by atoms with Crippen LogP contribution in [-0.4, -0.2) is 47.6 Å². The molecule has 30 heavy (non-hydrogen) atoms. The third-order valence-electron chi connectivity index (χ3n) is 4.76. The van der Waals surface area contributed by atoms with Gasteiger partial charge in [0.05, 0.1) is 18.8 Å². The number of ether oxygens (including phenoxy) is 1. The molecular formula is C20H20F3N3O4. The minimum Gasteiger partial charge on any atom is -0.378 e. The predicted molar refractivity (Wildman–Crippen MR) is 102 cm³/mol. The number of aromatic nitrogens is 1. The van der Waals surface area contributed by atoms with E-state index in [9.17, 15) is 27.6 Å². The van der Waals surface area contributed by atoms with Crippen LogP contribution in [0.4, 0.5) is 18.9 Å². The smallest absolute Gasteiger partial charge is 0.378 e. The minimum atomic E-state index is -4.63. The molecule has 0 radical (unpaired) electrons. The topological polar surface area (TPSA) is 80.6 Å². The number of carbonyl (C=O) groups is 2. The van der Waals surface area contributed by atoms with Crippen LogP contribution in [0.5, 0.6) is 0 Å². The molecule has 0 atom stereocenters. The van der Waals surface area contributed by atoms with Gasteiger partial charge in [0.15, 0.2) is 0 Å². The largest absolute Gasteiger partial charge is 0.417 e. The van der Waals surface area contributed by atoms with Crippen LogP contribution in [0, 0.1) is 6.92 Å². The van der Waals surface area contributed by atoms with Crippen molar-refractivity contribution in [3.05, 3.63) is 63.6 Å². The summed E-state index contributed by atoms with van der Waals surface area (Å²) >= 11 is 0. The second-order valence-electron chi connectivity index (χ2n) is 6.81. The summed E-state index contributed by atoms with van der Waals surface area (Å²) in [4.78, 5) is 38.6. The van der Waals surface area contributed by atoms with Crippen LogP contribution in [0.25, 0.3) is 0 Å². The number of halogens is 3. The Balaban J connectivity index is 1.76. The van der Waals surface area contributed by atoms with Crippen LogP contribution in [0.3, 0.4) is 0 Å². The molecule has 10 heteroatoms. The number of anilines is 1. The summed E-state index contributed by atoms with van der Waals surface area (Å²) in [6, 6.07) is 6.26. The van der Waals surface area contributed by atoms with Gasteiger partial charge >= 0.3 is 6.18 Å². The average Bonchev–Trinajstić information content (AvgIpc) is 2.70. The summed E-state index contributed by atoms with van der Waals surface area (Å²) in [5.41, 5.74) is -0.473. The van der Waals surface area contributed by atoms with Crippen molar-refractivity contribution in [2.75, 3.05) is 31.6 Å². The van der Waals surface area contributed by atoms with Gasteiger partial charge < -0.3 is 19.5 Å². The van der Waals surface area contributed by atoms with Gasteiger partial charge in [-0.3, -0.25) is 14.4 Å². The Morgan fingerprint density at radius 1 is 1.13 bits per heavy atom. The number of alkyl halides is 3. The van der Waals surface area contributed by atoms with Crippen molar-refractivity contribution in [3.8, 4) is 0 Å². The van der Waals surface area contributed by atoms with E-state index >= 15 is 0 Å². The molecule has 1 fully saturated rings. The molecule has 3 rings (SSSR count). The molecule has 0 aliphatic carbocycles. The summed E-state index contributed by atoms with van der Waals surface area (Å²) in [6.07, 6.45) is -4.02. The zero-order chi connectivity index (χ0) is 21.9. The molecule has 7 nitrogen and oxygen atoms in total. The number of hydrogen-bond donors (Lipinski definition) is 1. The predicted octanol–water partition coefficient (Wildman–Crippen LogP) is 2.29. The molecule has 0 unspecified atom stereocenters. The maximum absolute atomic E-state index is 12.9. The van der Waals surface area contributed by atoms with Crippen molar-refractivity contribution in [2.45, 2.75) is 19.6 Å². The second kappa shape index (κ2) is 8.70. The molecular weight excluding hydrogens is 403 g/mol. The Labute approximate surface area is 170 Å². The standard InChI is InChI=1S/C20H20F3N3O4/c1-13-15(19(29)25-7-9-30-10-8-25)3-2-4-16(13)24-17(27)12-26-11-14(20(21,22)23)5-6-18(26)28/h2-6,11H,7-10,12H2,1H3,(H,24,27). The Kier molecular flexibility index (Phi) is 6.25. The maximum atomic E-state index is 12.9. The molecule has 0 spiro atoms. The van der Waals surface area contributed by atoms with Crippen molar-refractivity contribution in [1.82, 2.24) is 9.47 Å². The molecule has 1 aromatic carbocycles. The molecule has 1 aliphatic heterocycles. The first-order valence-electron chi connectivity index (χ1n) is 9.21. The van der Waals surface area contributed by atoms with Crippen LogP contribution in [0.2, 0.25) is 0 Å². The summed E-state index contributed by atoms with van der Waals surface area (Å²) in [6.45, 7) is 2.91. The number of benzene rings is 1. The molecule has 1 N–H and O–H groups in total. The van der Waals surface area contributed by atoms with Crippen LogP contribution in [0.15, 0.2) is 41.3 Å². The molecule has 2 amide bonds. The first kappa shape index (κ1) is 21.6. The second-order valence-corrected chi connectivity index (χ2v) is 6.81. The molecule has 160 valence electrons. The van der Waals surface area contributed by atoms with E-state index in [0.29, 0.717) is 59.9 Å². The average molecular weight is 423 g/mol. The first-order chi connectivity index (χ1) is 14.2. The molecule has 2 aromatic rings. The highest BCUT2D eigenvalue weighted by atomic mass is 19.4. The first-order valence-corrected chi connectivity index (χ1v) is 9.21. The molecule has 0 saturated carbocycles. The van der Waals surface area contributed by atoms with Gasteiger partial charge in [0.25, 0.3) is 11.5 Å². The zero-order valence-electron chi connectivity index (χ0n) is 16.2. The van der Waals surface area contributed by atoms with E-state index in [4.69, 9.17) is 4.74 Å². The van der Waals surface area contributed by atoms with Gasteiger partial charge in [-0.1, -0.05) is 6.07 Å². The molecule has 1 saturated heterocycles. The van der Waals surface area contributed by atoms with E-state index in [1.807, 2.05) is 0 Å². The third-order valence-corrected chi connectivity index (χ3v) is 4.76. The fourth-order valence-electron chi connectivity index (χ4n) is 3.11. The quantitative estimate of drug-likeness (QED) is 0.818. The van der Waals surface area contributed by atoms with Gasteiger partial charge in [-0.05, 0) is 30.7 Å². The lowest BCUT2D eigenvalue weighted by Crippen LogP contribution is -2.41. The van der Waals surface area contributed by atoms with Gasteiger partial charge in [-0.25, -0.2) is 0 Å². The maximum Gasteiger partial charge on any atom is 0.417 e. The molecule has 1 aromatic heterocycles. The summed E-state index contributed by atoms with van der Waals surface area (Å²) in [5.74, 6) is -0.878. The highest BCUT2D eigenvalue weighted by molar-refractivity contribution is 5.99. The molecule has 2 heterocycles. The lowest BCUT2D eigenvalue weighted by molar-refractivity contribution is -0.138. The third kappa shape index (κ3) is 4.88. The van der Waals surface area contributed by atoms with Crippen molar-refractivity contribution < 1.29 is 27.5 Å². The van der Waals surface area contributed by atoms with Gasteiger partial charge in [-0.15, -0.1) is 0 Å². The number of nitrogens with one attached hydrogen (secondary N) is 1. The summed E-state index contributed by atoms with van der Waals surface area (Å²) in [5, 5.41) is 2.57. The van der Waals surface area contributed by atoms with Crippen molar-refractivity contribution in [1.29, 1.82) is 0 Å². The number of rotatable bonds is 4. The van der Waals surface area contributed by atoms with Crippen LogP contribution in [-0.2, 0) is 22.3 Å². The van der Waals surface area contributed by atoms with Crippen LogP contribution in [0.1, 0.15) is 21.5 Å². The fraction of sp³-hybridized carbons (Fsp3) is 0.350. The highest BCUT2D eigenvalue weighted by Gasteiger charge is 2.31. The number of morpholine rings is 1. The monoisotopic (exact) mass is 423 g/mol. The lowest BCUT2D eigenvalue weighted by Gasteiger charge is -2.27. The van der Waals surface area contributed by atoms with Crippen molar-refractivity contribution >= 4 is 17.5 Å². The lowest BCUT2D eigenvalue weighted by atomic mass is 10.0. The number of pyridine rings is 1.